The molecule has 0 aliphatic carbocycles. The molecule has 2 aliphatic heterocycles. The van der Waals surface area contributed by atoms with Crippen molar-refractivity contribution in [2.24, 2.45) is 10.7 Å². The maximum atomic E-state index is 15.0. The molecule has 1 atom stereocenters. The molecule has 2 aliphatic rings. The quantitative estimate of drug-likeness (QED) is 0.276. The van der Waals surface area contributed by atoms with Gasteiger partial charge in [0.25, 0.3) is 6.02 Å². The first-order valence-corrected chi connectivity index (χ1v) is 11.9. The molecule has 0 unspecified atom stereocenters. The van der Waals surface area contributed by atoms with E-state index >= 15 is 4.39 Å². The van der Waals surface area contributed by atoms with Crippen LogP contribution in [0.15, 0.2) is 59.6 Å². The lowest BCUT2D eigenvalue weighted by molar-refractivity contribution is -0.0500. The van der Waals surface area contributed by atoms with Crippen molar-refractivity contribution in [3.8, 4) is 23.0 Å². The number of hydrogen-bond donors (Lipinski definition) is 2. The molecule has 5 rings (SSSR count). The van der Waals surface area contributed by atoms with Crippen LogP contribution in [0.1, 0.15) is 11.1 Å². The van der Waals surface area contributed by atoms with Gasteiger partial charge in [-0.15, -0.1) is 0 Å². The van der Waals surface area contributed by atoms with Crippen LogP contribution in [0.25, 0.3) is 0 Å². The van der Waals surface area contributed by atoms with E-state index in [0.717, 1.165) is 6.07 Å². The van der Waals surface area contributed by atoms with Crippen molar-refractivity contribution in [3.05, 3.63) is 71.5 Å². The van der Waals surface area contributed by atoms with Crippen LogP contribution in [-0.4, -0.2) is 33.7 Å². The van der Waals surface area contributed by atoms with E-state index in [1.54, 1.807) is 42.5 Å². The largest absolute Gasteiger partial charge is 0.534 e. The number of methoxy groups -OCH3 is 1. The zero-order chi connectivity index (χ0) is 26.6. The molecule has 3 aromatic rings. The molecule has 0 amide bonds. The second kappa shape index (κ2) is 8.44. The van der Waals surface area contributed by atoms with Gasteiger partial charge in [0.1, 0.15) is 23.9 Å². The highest BCUT2D eigenvalue weighted by atomic mass is 32.2. The number of ether oxygens (including phenoxy) is 3. The number of nitrogens with one attached hydrogen (secondary N) is 1. The van der Waals surface area contributed by atoms with Gasteiger partial charge in [0, 0.05) is 34.6 Å². The molecule has 0 saturated carbocycles. The molecule has 0 fully saturated rings. The van der Waals surface area contributed by atoms with E-state index in [2.05, 4.69) is 14.5 Å². The predicted octanol–water partition coefficient (Wildman–Crippen LogP) is 4.50. The highest BCUT2D eigenvalue weighted by Gasteiger charge is 2.51. The molecule has 2 heterocycles. The van der Waals surface area contributed by atoms with Gasteiger partial charge in [0.05, 0.1) is 7.11 Å². The van der Waals surface area contributed by atoms with Crippen LogP contribution in [0, 0.1) is 5.82 Å². The van der Waals surface area contributed by atoms with Gasteiger partial charge in [0.15, 0.2) is 17.1 Å². The first kappa shape index (κ1) is 24.5. The Morgan fingerprint density at radius 1 is 1.05 bits per heavy atom. The van der Waals surface area contributed by atoms with Crippen molar-refractivity contribution in [2.45, 2.75) is 11.0 Å². The highest BCUT2D eigenvalue weighted by molar-refractivity contribution is 7.88. The zero-order valence-electron chi connectivity index (χ0n) is 18.8. The average molecular weight is 539 g/mol. The molecule has 0 bridgehead atoms. The normalized spacial score (nSPS) is 18.2. The van der Waals surface area contributed by atoms with Gasteiger partial charge in [-0.3, -0.25) is 0 Å². The molecule has 3 N–H and O–H groups in total. The fourth-order valence-electron chi connectivity index (χ4n) is 4.05. The molecule has 14 heteroatoms. The van der Waals surface area contributed by atoms with Gasteiger partial charge in [-0.25, -0.2) is 9.38 Å². The van der Waals surface area contributed by atoms with Crippen molar-refractivity contribution in [2.75, 3.05) is 19.0 Å². The van der Waals surface area contributed by atoms with E-state index in [4.69, 9.17) is 19.9 Å². The topological polar surface area (TPSA) is 121 Å². The van der Waals surface area contributed by atoms with Gasteiger partial charge < -0.3 is 29.4 Å². The first-order chi connectivity index (χ1) is 17.4. The number of benzene rings is 3. The molecule has 0 saturated heterocycles. The molecule has 0 radical (unpaired) electrons. The molecule has 37 heavy (non-hydrogen) atoms. The Bertz CT molecular complexity index is 1540. The lowest BCUT2D eigenvalue weighted by Gasteiger charge is -2.34. The molecular formula is C23H17F4N3O6S. The summed E-state index contributed by atoms with van der Waals surface area (Å²) in [5.41, 5.74) is -0.0920. The summed E-state index contributed by atoms with van der Waals surface area (Å²) >= 11 is 0. The average Bonchev–Trinajstić information content (AvgIpc) is 3.22. The van der Waals surface area contributed by atoms with E-state index in [9.17, 15) is 21.6 Å². The third kappa shape index (κ3) is 4.22. The standard InChI is InChI=1S/C23H17F4N3O6S/c1-33-14-4-2-3-12(7-14)29-13-5-6-19-16(8-13)22(11-34-21(28)30-22)17-9-15(10-18(24)20(17)35-19)36-37(31,32)23(25,26)27/h2-10,29H,11H2,1H3,(H2,28,30)/t22-/m0/s1. The fraction of sp³-hybridized carbons (Fsp3) is 0.174. The minimum atomic E-state index is -6.07. The van der Waals surface area contributed by atoms with E-state index in [1.807, 2.05) is 0 Å². The summed E-state index contributed by atoms with van der Waals surface area (Å²) in [4.78, 5) is 4.32. The summed E-state index contributed by atoms with van der Waals surface area (Å²) in [6, 6.07) is 13.0. The number of alkyl halides is 3. The molecule has 194 valence electrons. The lowest BCUT2D eigenvalue weighted by Crippen LogP contribution is -2.32. The maximum absolute atomic E-state index is 15.0. The van der Waals surface area contributed by atoms with Crippen LogP contribution in [0.4, 0.5) is 28.9 Å². The molecular weight excluding hydrogens is 522 g/mol. The Balaban J connectivity index is 1.61. The Morgan fingerprint density at radius 3 is 2.49 bits per heavy atom. The number of nitrogens with zero attached hydrogens (tertiary/aromatic N) is 1. The summed E-state index contributed by atoms with van der Waals surface area (Å²) in [6.45, 7) is -0.264. The van der Waals surface area contributed by atoms with Crippen molar-refractivity contribution < 1.29 is 44.4 Å². The van der Waals surface area contributed by atoms with E-state index in [0.29, 0.717) is 28.8 Å². The number of aliphatic imine (C=N–C) groups is 1. The summed E-state index contributed by atoms with van der Waals surface area (Å²) in [6.07, 6.45) is 0. The number of anilines is 2. The van der Waals surface area contributed by atoms with Crippen molar-refractivity contribution in [1.82, 2.24) is 0 Å². The summed E-state index contributed by atoms with van der Waals surface area (Å²) in [5, 5.41) is 3.18. The second-order valence-electron chi connectivity index (χ2n) is 8.03. The van der Waals surface area contributed by atoms with Crippen LogP contribution in [0.3, 0.4) is 0 Å². The van der Waals surface area contributed by atoms with Crippen LogP contribution in [0.5, 0.6) is 23.0 Å². The van der Waals surface area contributed by atoms with Gasteiger partial charge >= 0.3 is 15.6 Å². The zero-order valence-corrected chi connectivity index (χ0v) is 19.6. The minimum Gasteiger partial charge on any atom is -0.497 e. The van der Waals surface area contributed by atoms with Crippen LogP contribution >= 0.6 is 0 Å². The minimum absolute atomic E-state index is 0.133. The lowest BCUT2D eigenvalue weighted by atomic mass is 9.81. The number of fused-ring (bicyclic) bond motifs is 4. The Morgan fingerprint density at radius 2 is 1.81 bits per heavy atom. The highest BCUT2D eigenvalue weighted by Crippen LogP contribution is 2.53. The van der Waals surface area contributed by atoms with E-state index < -0.39 is 32.7 Å². The van der Waals surface area contributed by atoms with Gasteiger partial charge in [-0.1, -0.05) is 6.07 Å². The Labute approximate surface area is 207 Å². The summed E-state index contributed by atoms with van der Waals surface area (Å²) in [7, 11) is -4.54. The number of rotatable bonds is 5. The summed E-state index contributed by atoms with van der Waals surface area (Å²) in [5.74, 6) is -1.70. The monoisotopic (exact) mass is 539 g/mol. The second-order valence-corrected chi connectivity index (χ2v) is 9.57. The molecule has 0 aromatic heterocycles. The molecule has 1 spiro atoms. The summed E-state index contributed by atoms with van der Waals surface area (Å²) < 4.78 is 97.2. The third-order valence-electron chi connectivity index (χ3n) is 5.68. The van der Waals surface area contributed by atoms with Crippen LogP contribution in [0.2, 0.25) is 0 Å². The van der Waals surface area contributed by atoms with Crippen LogP contribution < -0.4 is 24.7 Å². The number of halogens is 4. The van der Waals surface area contributed by atoms with Gasteiger partial charge in [0.2, 0.25) is 0 Å². The molecule has 9 nitrogen and oxygen atoms in total. The van der Waals surface area contributed by atoms with Gasteiger partial charge in [-0.05, 0) is 36.4 Å². The number of nitrogens with two attached hydrogens (primary N) is 1. The smallest absolute Gasteiger partial charge is 0.497 e. The van der Waals surface area contributed by atoms with Crippen molar-refractivity contribution >= 4 is 27.5 Å². The Hall–Kier alpha value is -4.20. The van der Waals surface area contributed by atoms with E-state index in [-0.39, 0.29) is 29.7 Å². The van der Waals surface area contributed by atoms with Crippen LogP contribution in [-0.2, 0) is 20.4 Å². The SMILES string of the molecule is COc1cccc(Nc2ccc3c(c2)[C@@]2(COC(N)=N2)c2cc(OS(=O)(=O)C(F)(F)F)cc(F)c2O3)c1. The van der Waals surface area contributed by atoms with Crippen molar-refractivity contribution in [3.63, 3.8) is 0 Å². The fourth-order valence-corrected chi connectivity index (χ4v) is 4.50. The van der Waals surface area contributed by atoms with E-state index in [1.165, 1.54) is 7.11 Å². The van der Waals surface area contributed by atoms with Gasteiger partial charge in [-0.2, -0.15) is 21.6 Å². The maximum Gasteiger partial charge on any atom is 0.534 e. The molecule has 3 aromatic carbocycles. The number of hydrogen-bond acceptors (Lipinski definition) is 9. The van der Waals surface area contributed by atoms with Crippen molar-refractivity contribution in [1.29, 1.82) is 0 Å². The third-order valence-corrected chi connectivity index (χ3v) is 6.66. The Kier molecular flexibility index (Phi) is 5.58. The number of amidine groups is 1. The first-order valence-electron chi connectivity index (χ1n) is 10.5. The predicted molar refractivity (Wildman–Crippen MR) is 123 cm³/mol.